The van der Waals surface area contributed by atoms with Gasteiger partial charge in [0, 0.05) is 22.7 Å². The predicted octanol–water partition coefficient (Wildman–Crippen LogP) is 2.25. The molecule has 1 amide bonds. The third kappa shape index (κ3) is 3.70. The Hall–Kier alpha value is -1.62. The van der Waals surface area contributed by atoms with E-state index in [0.717, 1.165) is 6.07 Å². The molecule has 0 aliphatic heterocycles. The van der Waals surface area contributed by atoms with Gasteiger partial charge in [0.15, 0.2) is 0 Å². The molecule has 0 saturated heterocycles. The van der Waals surface area contributed by atoms with Crippen molar-refractivity contribution in [1.82, 2.24) is 5.32 Å². The van der Waals surface area contributed by atoms with Gasteiger partial charge in [-0.2, -0.15) is 0 Å². The minimum atomic E-state index is -1.01. The molecule has 0 bridgehead atoms. The van der Waals surface area contributed by atoms with Gasteiger partial charge in [-0.25, -0.2) is 4.39 Å². The van der Waals surface area contributed by atoms with Crippen LogP contribution in [0.3, 0.4) is 0 Å². The Morgan fingerprint density at radius 3 is 2.61 bits per heavy atom. The number of nitrogens with one attached hydrogen (secondary N) is 1. The number of carbonyl (C=O) groups excluding carboxylic acids is 1. The highest BCUT2D eigenvalue weighted by atomic mass is 35.5. The third-order valence-electron chi connectivity index (χ3n) is 2.38. The summed E-state index contributed by atoms with van der Waals surface area (Å²) in [6.07, 6.45) is 0.251. The maximum Gasteiger partial charge on any atom is 0.305 e. The Labute approximate surface area is 109 Å². The van der Waals surface area contributed by atoms with Gasteiger partial charge >= 0.3 is 5.97 Å². The van der Waals surface area contributed by atoms with Crippen LogP contribution in [0.2, 0.25) is 5.02 Å². The number of hydrogen-bond donors (Lipinski definition) is 2. The fraction of sp³-hybridized carbons (Fsp3) is 0.333. The molecule has 98 valence electrons. The van der Waals surface area contributed by atoms with E-state index in [4.69, 9.17) is 16.7 Å². The average molecular weight is 274 g/mol. The Morgan fingerprint density at radius 1 is 1.44 bits per heavy atom. The van der Waals surface area contributed by atoms with Crippen LogP contribution < -0.4 is 5.32 Å². The lowest BCUT2D eigenvalue weighted by Crippen LogP contribution is -2.26. The second kappa shape index (κ2) is 6.35. The summed E-state index contributed by atoms with van der Waals surface area (Å²) in [5.74, 6) is -2.09. The molecule has 0 unspecified atom stereocenters. The molecule has 0 heterocycles. The van der Waals surface area contributed by atoms with Gasteiger partial charge in [0.1, 0.15) is 5.82 Å². The molecular formula is C12H13ClFNO3. The van der Waals surface area contributed by atoms with Crippen molar-refractivity contribution in [1.29, 1.82) is 0 Å². The van der Waals surface area contributed by atoms with E-state index < -0.39 is 17.7 Å². The second-order valence-corrected chi connectivity index (χ2v) is 4.08. The number of halogens is 2. The monoisotopic (exact) mass is 273 g/mol. The normalized spacial score (nSPS) is 10.2. The SMILES string of the molecule is CCc1c(F)cc(C(=O)NCCC(=O)O)cc1Cl. The van der Waals surface area contributed by atoms with E-state index in [1.54, 1.807) is 6.92 Å². The molecule has 0 aliphatic rings. The van der Waals surface area contributed by atoms with Crippen LogP contribution >= 0.6 is 11.6 Å². The zero-order valence-electron chi connectivity index (χ0n) is 9.80. The highest BCUT2D eigenvalue weighted by Gasteiger charge is 2.12. The number of hydrogen-bond acceptors (Lipinski definition) is 2. The molecule has 6 heteroatoms. The topological polar surface area (TPSA) is 66.4 Å². The van der Waals surface area contributed by atoms with Crippen LogP contribution in [0, 0.1) is 5.82 Å². The molecule has 0 aliphatic carbocycles. The molecule has 4 nitrogen and oxygen atoms in total. The van der Waals surface area contributed by atoms with Crippen molar-refractivity contribution in [3.05, 3.63) is 34.1 Å². The molecule has 18 heavy (non-hydrogen) atoms. The molecule has 1 aromatic carbocycles. The first-order valence-corrected chi connectivity index (χ1v) is 5.81. The van der Waals surface area contributed by atoms with E-state index in [1.165, 1.54) is 6.07 Å². The summed E-state index contributed by atoms with van der Waals surface area (Å²) >= 11 is 5.85. The zero-order chi connectivity index (χ0) is 13.7. The van der Waals surface area contributed by atoms with Crippen molar-refractivity contribution >= 4 is 23.5 Å². The van der Waals surface area contributed by atoms with Gasteiger partial charge in [-0.3, -0.25) is 9.59 Å². The minimum Gasteiger partial charge on any atom is -0.481 e. The standard InChI is InChI=1S/C12H13ClFNO3/c1-2-8-9(13)5-7(6-10(8)14)12(18)15-4-3-11(16)17/h5-6H,2-4H2,1H3,(H,15,18)(H,16,17). The molecule has 0 radical (unpaired) electrons. The van der Waals surface area contributed by atoms with Gasteiger partial charge < -0.3 is 10.4 Å². The van der Waals surface area contributed by atoms with Crippen molar-refractivity contribution in [2.45, 2.75) is 19.8 Å². The van der Waals surface area contributed by atoms with Crippen LogP contribution in [0.4, 0.5) is 4.39 Å². The van der Waals surface area contributed by atoms with Crippen molar-refractivity contribution < 1.29 is 19.1 Å². The highest BCUT2D eigenvalue weighted by Crippen LogP contribution is 2.22. The molecule has 0 spiro atoms. The quantitative estimate of drug-likeness (QED) is 0.865. The largest absolute Gasteiger partial charge is 0.481 e. The van der Waals surface area contributed by atoms with E-state index in [0.29, 0.717) is 12.0 Å². The second-order valence-electron chi connectivity index (χ2n) is 3.67. The summed E-state index contributed by atoms with van der Waals surface area (Å²) in [5, 5.41) is 11.0. The first kappa shape index (κ1) is 14.4. The number of rotatable bonds is 5. The van der Waals surface area contributed by atoms with Crippen LogP contribution in [0.5, 0.6) is 0 Å². The smallest absolute Gasteiger partial charge is 0.305 e. The average Bonchev–Trinajstić information content (AvgIpc) is 2.27. The first-order valence-electron chi connectivity index (χ1n) is 5.43. The maximum atomic E-state index is 13.6. The summed E-state index contributed by atoms with van der Waals surface area (Å²) in [6, 6.07) is 2.47. The number of carbonyl (C=O) groups is 2. The molecule has 0 aromatic heterocycles. The summed E-state index contributed by atoms with van der Waals surface area (Å²) < 4.78 is 13.6. The van der Waals surface area contributed by atoms with Crippen molar-refractivity contribution in [2.75, 3.05) is 6.54 Å². The number of carboxylic acids is 1. The van der Waals surface area contributed by atoms with Gasteiger partial charge in [-0.1, -0.05) is 18.5 Å². The zero-order valence-corrected chi connectivity index (χ0v) is 10.6. The van der Waals surface area contributed by atoms with E-state index in [-0.39, 0.29) is 23.6 Å². The predicted molar refractivity (Wildman–Crippen MR) is 65.4 cm³/mol. The molecule has 0 fully saturated rings. The van der Waals surface area contributed by atoms with Crippen LogP contribution in [0.15, 0.2) is 12.1 Å². The summed E-state index contributed by atoms with van der Waals surface area (Å²) in [6.45, 7) is 1.75. The molecular weight excluding hydrogens is 261 g/mol. The lowest BCUT2D eigenvalue weighted by atomic mass is 10.1. The fourth-order valence-electron chi connectivity index (χ4n) is 1.46. The summed E-state index contributed by atoms with van der Waals surface area (Å²) in [5.41, 5.74) is 0.443. The van der Waals surface area contributed by atoms with Gasteiger partial charge in [0.05, 0.1) is 6.42 Å². The Morgan fingerprint density at radius 2 is 2.11 bits per heavy atom. The fourth-order valence-corrected chi connectivity index (χ4v) is 1.80. The molecule has 1 aromatic rings. The van der Waals surface area contributed by atoms with Crippen LogP contribution in [0.1, 0.15) is 29.3 Å². The van der Waals surface area contributed by atoms with E-state index in [1.807, 2.05) is 0 Å². The number of amides is 1. The highest BCUT2D eigenvalue weighted by molar-refractivity contribution is 6.31. The van der Waals surface area contributed by atoms with Crippen molar-refractivity contribution in [3.63, 3.8) is 0 Å². The number of benzene rings is 1. The molecule has 0 atom stereocenters. The van der Waals surface area contributed by atoms with E-state index in [9.17, 15) is 14.0 Å². The summed E-state index contributed by atoms with van der Waals surface area (Å²) in [4.78, 5) is 21.9. The Kier molecular flexibility index (Phi) is 5.09. The Balaban J connectivity index is 2.78. The first-order chi connectivity index (χ1) is 8.45. The van der Waals surface area contributed by atoms with E-state index >= 15 is 0 Å². The van der Waals surface area contributed by atoms with Gasteiger partial charge in [0.2, 0.25) is 0 Å². The number of aliphatic carboxylic acids is 1. The Bertz CT molecular complexity index is 453. The van der Waals surface area contributed by atoms with Crippen molar-refractivity contribution in [3.8, 4) is 0 Å². The number of carboxylic acid groups (broad SMARTS) is 1. The van der Waals surface area contributed by atoms with Crippen LogP contribution in [-0.2, 0) is 11.2 Å². The third-order valence-corrected chi connectivity index (χ3v) is 2.72. The minimum absolute atomic E-state index is 0.0110. The van der Waals surface area contributed by atoms with Crippen LogP contribution in [-0.4, -0.2) is 23.5 Å². The maximum absolute atomic E-state index is 13.6. The molecule has 2 N–H and O–H groups in total. The summed E-state index contributed by atoms with van der Waals surface area (Å²) in [7, 11) is 0. The van der Waals surface area contributed by atoms with Crippen LogP contribution in [0.25, 0.3) is 0 Å². The lowest BCUT2D eigenvalue weighted by Gasteiger charge is -2.07. The van der Waals surface area contributed by atoms with Crippen molar-refractivity contribution in [2.24, 2.45) is 0 Å². The van der Waals surface area contributed by atoms with E-state index in [2.05, 4.69) is 5.32 Å². The van der Waals surface area contributed by atoms with Gasteiger partial charge in [-0.15, -0.1) is 0 Å². The van der Waals surface area contributed by atoms with Gasteiger partial charge in [-0.05, 0) is 18.6 Å². The molecule has 0 saturated carbocycles. The molecule has 1 rings (SSSR count). The lowest BCUT2D eigenvalue weighted by molar-refractivity contribution is -0.136. The van der Waals surface area contributed by atoms with Gasteiger partial charge in [0.25, 0.3) is 5.91 Å².